The first kappa shape index (κ1) is 15.5. The van der Waals surface area contributed by atoms with Crippen molar-refractivity contribution in [3.05, 3.63) is 34.3 Å². The molecule has 1 fully saturated rings. The third-order valence-electron chi connectivity index (χ3n) is 3.97. The molecule has 1 heterocycles. The molecule has 1 atom stereocenters. The summed E-state index contributed by atoms with van der Waals surface area (Å²) in [5.74, 6) is 0.843. The first-order valence-corrected chi connectivity index (χ1v) is 8.02. The van der Waals surface area contributed by atoms with Gasteiger partial charge in [0.15, 0.2) is 0 Å². The fraction of sp³-hybridized carbons (Fsp3) is 0.562. The van der Waals surface area contributed by atoms with E-state index in [0.29, 0.717) is 5.92 Å². The van der Waals surface area contributed by atoms with Crippen molar-refractivity contribution in [1.82, 2.24) is 9.80 Å². The minimum atomic E-state index is 0.212. The van der Waals surface area contributed by atoms with E-state index >= 15 is 0 Å². The highest BCUT2D eigenvalue weighted by Crippen LogP contribution is 2.17. The monoisotopic (exact) mass is 338 g/mol. The molecule has 1 aromatic carbocycles. The fourth-order valence-electron chi connectivity index (χ4n) is 2.81. The molecular weight excluding hydrogens is 316 g/mol. The SMILES string of the molecule is CC(=O)N1CCC(CN(C)CCc2cccc(Br)c2)C1. The van der Waals surface area contributed by atoms with Gasteiger partial charge in [-0.05, 0) is 43.5 Å². The van der Waals surface area contributed by atoms with Crippen LogP contribution in [0.4, 0.5) is 0 Å². The number of carbonyl (C=O) groups is 1. The summed E-state index contributed by atoms with van der Waals surface area (Å²) in [6, 6.07) is 8.50. The molecule has 0 radical (unpaired) electrons. The Balaban J connectivity index is 1.73. The zero-order valence-corrected chi connectivity index (χ0v) is 13.9. The van der Waals surface area contributed by atoms with Crippen LogP contribution in [0.5, 0.6) is 0 Å². The predicted molar refractivity (Wildman–Crippen MR) is 85.7 cm³/mol. The van der Waals surface area contributed by atoms with Crippen LogP contribution in [0.3, 0.4) is 0 Å². The molecule has 110 valence electrons. The molecule has 0 N–H and O–H groups in total. The molecule has 1 aliphatic rings. The number of benzene rings is 1. The normalized spacial score (nSPS) is 18.8. The van der Waals surface area contributed by atoms with Gasteiger partial charge >= 0.3 is 0 Å². The van der Waals surface area contributed by atoms with Crippen LogP contribution in [0.1, 0.15) is 18.9 Å². The molecule has 1 unspecified atom stereocenters. The molecule has 2 rings (SSSR count). The average molecular weight is 339 g/mol. The number of carbonyl (C=O) groups excluding carboxylic acids is 1. The first-order valence-electron chi connectivity index (χ1n) is 7.23. The smallest absolute Gasteiger partial charge is 0.219 e. The maximum Gasteiger partial charge on any atom is 0.219 e. The maximum atomic E-state index is 11.3. The van der Waals surface area contributed by atoms with Crippen molar-refractivity contribution in [2.24, 2.45) is 5.92 Å². The van der Waals surface area contributed by atoms with E-state index in [1.165, 1.54) is 5.56 Å². The highest BCUT2D eigenvalue weighted by atomic mass is 79.9. The lowest BCUT2D eigenvalue weighted by molar-refractivity contribution is -0.127. The molecule has 0 aromatic heterocycles. The molecule has 1 amide bonds. The Bertz CT molecular complexity index is 464. The highest BCUT2D eigenvalue weighted by molar-refractivity contribution is 9.10. The van der Waals surface area contributed by atoms with Crippen molar-refractivity contribution >= 4 is 21.8 Å². The second-order valence-electron chi connectivity index (χ2n) is 5.76. The van der Waals surface area contributed by atoms with Crippen LogP contribution >= 0.6 is 15.9 Å². The van der Waals surface area contributed by atoms with Crippen molar-refractivity contribution in [2.45, 2.75) is 19.8 Å². The van der Waals surface area contributed by atoms with Gasteiger partial charge in [0.25, 0.3) is 0 Å². The quantitative estimate of drug-likeness (QED) is 0.824. The van der Waals surface area contributed by atoms with Crippen molar-refractivity contribution in [1.29, 1.82) is 0 Å². The predicted octanol–water partition coefficient (Wildman–Crippen LogP) is 2.79. The summed E-state index contributed by atoms with van der Waals surface area (Å²) in [5, 5.41) is 0. The Morgan fingerprint density at radius 2 is 2.30 bits per heavy atom. The average Bonchev–Trinajstić information content (AvgIpc) is 2.85. The van der Waals surface area contributed by atoms with Gasteiger partial charge in [0.2, 0.25) is 5.91 Å². The van der Waals surface area contributed by atoms with E-state index in [1.807, 2.05) is 4.90 Å². The minimum Gasteiger partial charge on any atom is -0.343 e. The van der Waals surface area contributed by atoms with Gasteiger partial charge in [0.05, 0.1) is 0 Å². The number of halogens is 1. The van der Waals surface area contributed by atoms with Crippen molar-refractivity contribution in [2.75, 3.05) is 33.2 Å². The van der Waals surface area contributed by atoms with Crippen LogP contribution in [-0.2, 0) is 11.2 Å². The maximum absolute atomic E-state index is 11.3. The summed E-state index contributed by atoms with van der Waals surface area (Å²) in [7, 11) is 2.18. The van der Waals surface area contributed by atoms with Crippen LogP contribution in [0.2, 0.25) is 0 Å². The minimum absolute atomic E-state index is 0.212. The fourth-order valence-corrected chi connectivity index (χ4v) is 3.26. The van der Waals surface area contributed by atoms with Crippen LogP contribution in [0, 0.1) is 5.92 Å². The zero-order chi connectivity index (χ0) is 14.5. The van der Waals surface area contributed by atoms with Crippen molar-refractivity contribution < 1.29 is 4.79 Å². The van der Waals surface area contributed by atoms with Crippen molar-refractivity contribution in [3.63, 3.8) is 0 Å². The standard InChI is InChI=1S/C16H23BrN2O/c1-13(20)19-9-7-15(12-19)11-18(2)8-6-14-4-3-5-16(17)10-14/h3-5,10,15H,6-9,11-12H2,1-2H3. The van der Waals surface area contributed by atoms with Gasteiger partial charge in [-0.2, -0.15) is 0 Å². The molecule has 0 saturated carbocycles. The largest absolute Gasteiger partial charge is 0.343 e. The lowest BCUT2D eigenvalue weighted by Crippen LogP contribution is -2.31. The summed E-state index contributed by atoms with van der Waals surface area (Å²) in [5.41, 5.74) is 1.36. The van der Waals surface area contributed by atoms with E-state index in [-0.39, 0.29) is 5.91 Å². The van der Waals surface area contributed by atoms with E-state index in [9.17, 15) is 4.79 Å². The van der Waals surface area contributed by atoms with E-state index in [4.69, 9.17) is 0 Å². The summed E-state index contributed by atoms with van der Waals surface area (Å²) in [6.07, 6.45) is 2.21. The molecule has 1 aliphatic heterocycles. The molecule has 20 heavy (non-hydrogen) atoms. The Hall–Kier alpha value is -0.870. The van der Waals surface area contributed by atoms with E-state index in [2.05, 4.69) is 52.1 Å². The first-order chi connectivity index (χ1) is 9.54. The number of likely N-dealkylation sites (tertiary alicyclic amines) is 1. The lowest BCUT2D eigenvalue weighted by Gasteiger charge is -2.21. The number of rotatable bonds is 5. The lowest BCUT2D eigenvalue weighted by atomic mass is 10.1. The molecule has 0 spiro atoms. The second-order valence-corrected chi connectivity index (χ2v) is 6.68. The van der Waals surface area contributed by atoms with Gasteiger partial charge in [-0.1, -0.05) is 28.1 Å². The molecule has 4 heteroatoms. The van der Waals surface area contributed by atoms with Gasteiger partial charge in [0.1, 0.15) is 0 Å². The number of hydrogen-bond acceptors (Lipinski definition) is 2. The third kappa shape index (κ3) is 4.60. The van der Waals surface area contributed by atoms with E-state index < -0.39 is 0 Å². The summed E-state index contributed by atoms with van der Waals surface area (Å²) < 4.78 is 1.14. The van der Waals surface area contributed by atoms with Gasteiger partial charge in [-0.3, -0.25) is 4.79 Å². The Labute approximate surface area is 130 Å². The summed E-state index contributed by atoms with van der Waals surface area (Å²) in [6.45, 7) is 5.67. The van der Waals surface area contributed by atoms with E-state index in [0.717, 1.165) is 43.5 Å². The number of hydrogen-bond donors (Lipinski definition) is 0. The summed E-state index contributed by atoms with van der Waals surface area (Å²) in [4.78, 5) is 15.7. The Morgan fingerprint density at radius 3 is 2.95 bits per heavy atom. The molecule has 0 bridgehead atoms. The zero-order valence-electron chi connectivity index (χ0n) is 12.3. The van der Waals surface area contributed by atoms with Crippen LogP contribution in [0.15, 0.2) is 28.7 Å². The molecule has 1 saturated heterocycles. The van der Waals surface area contributed by atoms with Crippen LogP contribution in [0.25, 0.3) is 0 Å². The highest BCUT2D eigenvalue weighted by Gasteiger charge is 2.24. The molecule has 1 aromatic rings. The Kier molecular flexibility index (Phi) is 5.61. The van der Waals surface area contributed by atoms with Gasteiger partial charge in [-0.15, -0.1) is 0 Å². The van der Waals surface area contributed by atoms with Crippen molar-refractivity contribution in [3.8, 4) is 0 Å². The molecular formula is C16H23BrN2O. The Morgan fingerprint density at radius 1 is 1.50 bits per heavy atom. The summed E-state index contributed by atoms with van der Waals surface area (Å²) >= 11 is 3.51. The topological polar surface area (TPSA) is 23.6 Å². The molecule has 0 aliphatic carbocycles. The number of nitrogens with zero attached hydrogens (tertiary/aromatic N) is 2. The van der Waals surface area contributed by atoms with Crippen LogP contribution in [-0.4, -0.2) is 48.9 Å². The molecule has 3 nitrogen and oxygen atoms in total. The van der Waals surface area contributed by atoms with Gasteiger partial charge < -0.3 is 9.80 Å². The second kappa shape index (κ2) is 7.23. The van der Waals surface area contributed by atoms with E-state index in [1.54, 1.807) is 6.92 Å². The number of amides is 1. The number of likely N-dealkylation sites (N-methyl/N-ethyl adjacent to an activating group) is 1. The third-order valence-corrected chi connectivity index (χ3v) is 4.47. The van der Waals surface area contributed by atoms with Crippen LogP contribution < -0.4 is 0 Å². The van der Waals surface area contributed by atoms with Gasteiger partial charge in [0, 0.05) is 37.6 Å². The van der Waals surface area contributed by atoms with Gasteiger partial charge in [-0.25, -0.2) is 0 Å².